The zero-order valence-corrected chi connectivity index (χ0v) is 10.7. The SMILES string of the molecule is CC1(N2C(=O)c3cccnc3C2=O)CCC(=O)NC1=O. The average molecular weight is 273 g/mol. The molecule has 102 valence electrons. The first-order chi connectivity index (χ1) is 9.45. The van der Waals surface area contributed by atoms with E-state index >= 15 is 0 Å². The van der Waals surface area contributed by atoms with Crippen molar-refractivity contribution >= 4 is 23.6 Å². The summed E-state index contributed by atoms with van der Waals surface area (Å²) in [5.74, 6) is -2.19. The quantitative estimate of drug-likeness (QED) is 0.719. The number of pyridine rings is 1. The maximum atomic E-state index is 12.3. The smallest absolute Gasteiger partial charge is 0.281 e. The molecule has 0 radical (unpaired) electrons. The lowest BCUT2D eigenvalue weighted by Crippen LogP contribution is -2.62. The number of rotatable bonds is 1. The normalized spacial score (nSPS) is 25.8. The molecule has 20 heavy (non-hydrogen) atoms. The van der Waals surface area contributed by atoms with Gasteiger partial charge in [-0.25, -0.2) is 0 Å². The minimum atomic E-state index is -1.36. The first kappa shape index (κ1) is 12.5. The molecular weight excluding hydrogens is 262 g/mol. The maximum absolute atomic E-state index is 12.3. The van der Waals surface area contributed by atoms with E-state index in [1.807, 2.05) is 0 Å². The van der Waals surface area contributed by atoms with Crippen molar-refractivity contribution < 1.29 is 19.2 Å². The summed E-state index contributed by atoms with van der Waals surface area (Å²) in [7, 11) is 0. The van der Waals surface area contributed by atoms with Crippen LogP contribution in [0.25, 0.3) is 0 Å². The van der Waals surface area contributed by atoms with Gasteiger partial charge in [-0.2, -0.15) is 0 Å². The summed E-state index contributed by atoms with van der Waals surface area (Å²) in [6.45, 7) is 1.48. The largest absolute Gasteiger partial charge is 0.294 e. The molecule has 1 saturated heterocycles. The van der Waals surface area contributed by atoms with Gasteiger partial charge in [0.15, 0.2) is 0 Å². The molecular formula is C13H11N3O4. The number of nitrogens with zero attached hydrogens (tertiary/aromatic N) is 2. The summed E-state index contributed by atoms with van der Waals surface area (Å²) >= 11 is 0. The predicted octanol–water partition coefficient (Wildman–Crippen LogP) is -0.127. The molecule has 1 unspecified atom stereocenters. The molecule has 3 heterocycles. The third kappa shape index (κ3) is 1.49. The van der Waals surface area contributed by atoms with Crippen LogP contribution in [0.1, 0.15) is 40.6 Å². The fraction of sp³-hybridized carbons (Fsp3) is 0.308. The number of carbonyl (C=O) groups is 4. The second-order valence-corrected chi connectivity index (χ2v) is 5.00. The summed E-state index contributed by atoms with van der Waals surface area (Å²) in [5.41, 5.74) is -1.13. The molecule has 2 aliphatic heterocycles. The van der Waals surface area contributed by atoms with Gasteiger partial charge in [-0.05, 0) is 25.5 Å². The van der Waals surface area contributed by atoms with Crippen molar-refractivity contribution in [3.63, 3.8) is 0 Å². The summed E-state index contributed by atoms with van der Waals surface area (Å²) in [6, 6.07) is 3.05. The monoisotopic (exact) mass is 273 g/mol. The molecule has 7 heteroatoms. The molecule has 1 atom stereocenters. The van der Waals surface area contributed by atoms with Crippen molar-refractivity contribution in [1.29, 1.82) is 0 Å². The van der Waals surface area contributed by atoms with Crippen LogP contribution < -0.4 is 5.32 Å². The van der Waals surface area contributed by atoms with E-state index in [2.05, 4.69) is 10.3 Å². The van der Waals surface area contributed by atoms with E-state index in [0.29, 0.717) is 0 Å². The molecule has 1 aromatic rings. The van der Waals surface area contributed by atoms with E-state index in [0.717, 1.165) is 4.90 Å². The van der Waals surface area contributed by atoms with Gasteiger partial charge in [0, 0.05) is 12.6 Å². The fourth-order valence-corrected chi connectivity index (χ4v) is 2.52. The van der Waals surface area contributed by atoms with E-state index in [9.17, 15) is 19.2 Å². The summed E-state index contributed by atoms with van der Waals surface area (Å²) in [6.07, 6.45) is 1.62. The Hall–Kier alpha value is -2.57. The van der Waals surface area contributed by atoms with Gasteiger partial charge in [0.05, 0.1) is 5.56 Å². The highest BCUT2D eigenvalue weighted by Gasteiger charge is 2.53. The fourth-order valence-electron chi connectivity index (χ4n) is 2.52. The Balaban J connectivity index is 2.04. The number of fused-ring (bicyclic) bond motifs is 1. The first-order valence-corrected chi connectivity index (χ1v) is 6.13. The number of hydrogen-bond acceptors (Lipinski definition) is 5. The highest BCUT2D eigenvalue weighted by atomic mass is 16.2. The number of nitrogens with one attached hydrogen (secondary N) is 1. The van der Waals surface area contributed by atoms with Gasteiger partial charge in [0.2, 0.25) is 5.91 Å². The summed E-state index contributed by atoms with van der Waals surface area (Å²) < 4.78 is 0. The standard InChI is InChI=1S/C13H11N3O4/c1-13(5-4-8(17)15-12(13)20)16-10(18)7-3-2-6-14-9(7)11(16)19/h2-3,6H,4-5H2,1H3,(H,15,17,20). The minimum Gasteiger partial charge on any atom is -0.294 e. The Kier molecular flexibility index (Phi) is 2.47. The second-order valence-electron chi connectivity index (χ2n) is 5.00. The lowest BCUT2D eigenvalue weighted by atomic mass is 9.89. The van der Waals surface area contributed by atoms with Crippen LogP contribution in [0.3, 0.4) is 0 Å². The zero-order valence-electron chi connectivity index (χ0n) is 10.7. The van der Waals surface area contributed by atoms with Gasteiger partial charge in [-0.1, -0.05) is 0 Å². The van der Waals surface area contributed by atoms with Crippen molar-refractivity contribution in [1.82, 2.24) is 15.2 Å². The van der Waals surface area contributed by atoms with Crippen LogP contribution in [0.5, 0.6) is 0 Å². The van der Waals surface area contributed by atoms with Gasteiger partial charge >= 0.3 is 0 Å². The van der Waals surface area contributed by atoms with E-state index in [1.165, 1.54) is 19.2 Å². The van der Waals surface area contributed by atoms with Crippen molar-refractivity contribution in [2.75, 3.05) is 0 Å². The highest BCUT2D eigenvalue weighted by molar-refractivity contribution is 6.23. The van der Waals surface area contributed by atoms with Gasteiger partial charge in [-0.15, -0.1) is 0 Å². The molecule has 1 N–H and O–H groups in total. The van der Waals surface area contributed by atoms with Crippen LogP contribution in [0, 0.1) is 0 Å². The molecule has 3 rings (SSSR count). The van der Waals surface area contributed by atoms with E-state index in [-0.39, 0.29) is 24.1 Å². The lowest BCUT2D eigenvalue weighted by Gasteiger charge is -2.37. The van der Waals surface area contributed by atoms with Crippen LogP contribution in [-0.2, 0) is 9.59 Å². The number of imide groups is 2. The third-order valence-corrected chi connectivity index (χ3v) is 3.72. The molecule has 7 nitrogen and oxygen atoms in total. The maximum Gasteiger partial charge on any atom is 0.281 e. The molecule has 1 aromatic heterocycles. The number of carbonyl (C=O) groups excluding carboxylic acids is 4. The minimum absolute atomic E-state index is 0.0448. The van der Waals surface area contributed by atoms with Gasteiger partial charge < -0.3 is 0 Å². The molecule has 0 aromatic carbocycles. The molecule has 0 spiro atoms. The van der Waals surface area contributed by atoms with Crippen molar-refractivity contribution in [2.45, 2.75) is 25.3 Å². The second kappa shape index (κ2) is 3.96. The van der Waals surface area contributed by atoms with E-state index < -0.39 is 29.2 Å². The number of amides is 4. The Morgan fingerprint density at radius 1 is 1.25 bits per heavy atom. The van der Waals surface area contributed by atoms with Crippen LogP contribution >= 0.6 is 0 Å². The Labute approximate surface area is 114 Å². The molecule has 1 fully saturated rings. The number of hydrogen-bond donors (Lipinski definition) is 1. The summed E-state index contributed by atoms with van der Waals surface area (Å²) in [5, 5.41) is 2.17. The van der Waals surface area contributed by atoms with Crippen molar-refractivity contribution in [2.24, 2.45) is 0 Å². The van der Waals surface area contributed by atoms with E-state index in [4.69, 9.17) is 0 Å². The van der Waals surface area contributed by atoms with Crippen LogP contribution in [0.4, 0.5) is 0 Å². The van der Waals surface area contributed by atoms with Crippen LogP contribution in [-0.4, -0.2) is 39.1 Å². The zero-order chi connectivity index (χ0) is 14.5. The third-order valence-electron chi connectivity index (χ3n) is 3.72. The topological polar surface area (TPSA) is 96.4 Å². The van der Waals surface area contributed by atoms with Gasteiger partial charge in [-0.3, -0.25) is 34.4 Å². The summed E-state index contributed by atoms with van der Waals surface area (Å²) in [4.78, 5) is 52.7. The Bertz CT molecular complexity index is 634. The van der Waals surface area contributed by atoms with Gasteiger partial charge in [0.1, 0.15) is 11.2 Å². The van der Waals surface area contributed by atoms with Crippen molar-refractivity contribution in [3.8, 4) is 0 Å². The highest BCUT2D eigenvalue weighted by Crippen LogP contribution is 2.32. The van der Waals surface area contributed by atoms with Crippen LogP contribution in [0.2, 0.25) is 0 Å². The Morgan fingerprint density at radius 3 is 2.65 bits per heavy atom. The molecule has 4 amide bonds. The van der Waals surface area contributed by atoms with Gasteiger partial charge in [0.25, 0.3) is 17.7 Å². The number of piperidine rings is 1. The Morgan fingerprint density at radius 2 is 2.00 bits per heavy atom. The lowest BCUT2D eigenvalue weighted by molar-refractivity contribution is -0.140. The van der Waals surface area contributed by atoms with E-state index in [1.54, 1.807) is 6.07 Å². The molecule has 2 aliphatic rings. The van der Waals surface area contributed by atoms with Crippen molar-refractivity contribution in [3.05, 3.63) is 29.6 Å². The number of aromatic nitrogens is 1. The first-order valence-electron chi connectivity index (χ1n) is 6.13. The molecule has 0 bridgehead atoms. The van der Waals surface area contributed by atoms with Crippen LogP contribution in [0.15, 0.2) is 18.3 Å². The predicted molar refractivity (Wildman–Crippen MR) is 65.5 cm³/mol. The average Bonchev–Trinajstić information content (AvgIpc) is 2.68. The molecule has 0 saturated carbocycles. The molecule has 0 aliphatic carbocycles.